The summed E-state index contributed by atoms with van der Waals surface area (Å²) in [4.78, 5) is 27.0. The van der Waals surface area contributed by atoms with Gasteiger partial charge in [-0.1, -0.05) is 35.9 Å². The van der Waals surface area contributed by atoms with E-state index >= 15 is 0 Å². The summed E-state index contributed by atoms with van der Waals surface area (Å²) < 4.78 is 26.4. The predicted octanol–water partition coefficient (Wildman–Crippen LogP) is 2.38. The lowest BCUT2D eigenvalue weighted by molar-refractivity contribution is 0.246. The van der Waals surface area contributed by atoms with Gasteiger partial charge in [0.1, 0.15) is 0 Å². The van der Waals surface area contributed by atoms with Crippen molar-refractivity contribution in [2.75, 3.05) is 6.54 Å². The van der Waals surface area contributed by atoms with E-state index in [1.807, 2.05) is 36.8 Å². The highest BCUT2D eigenvalue weighted by atomic mass is 32.2. The first-order chi connectivity index (χ1) is 13.3. The molecule has 0 saturated heterocycles. The molecule has 2 amide bonds. The molecular formula is C20H21N3O4S. The number of rotatable bonds is 5. The summed E-state index contributed by atoms with van der Waals surface area (Å²) in [6, 6.07) is 12.8. The van der Waals surface area contributed by atoms with Crippen LogP contribution in [-0.2, 0) is 16.4 Å². The van der Waals surface area contributed by atoms with Gasteiger partial charge in [0, 0.05) is 12.1 Å². The summed E-state index contributed by atoms with van der Waals surface area (Å²) in [6.45, 7) is 3.88. The molecular weight excluding hydrogens is 378 g/mol. The third-order valence-corrected chi connectivity index (χ3v) is 5.75. The number of carbonyl (C=O) groups is 1. The second kappa shape index (κ2) is 7.85. The van der Waals surface area contributed by atoms with E-state index in [4.69, 9.17) is 0 Å². The van der Waals surface area contributed by atoms with Crippen molar-refractivity contribution in [2.24, 2.45) is 0 Å². The number of H-pyrrole nitrogens is 1. The second-order valence-corrected chi connectivity index (χ2v) is 8.27. The molecule has 0 fully saturated rings. The summed E-state index contributed by atoms with van der Waals surface area (Å²) in [5.74, 6) is 0. The molecule has 1 heterocycles. The number of pyridine rings is 1. The Hall–Kier alpha value is -3.13. The lowest BCUT2D eigenvalue weighted by atomic mass is 10.1. The maximum atomic E-state index is 12.2. The van der Waals surface area contributed by atoms with Crippen LogP contribution in [0, 0.1) is 13.8 Å². The highest BCUT2D eigenvalue weighted by molar-refractivity contribution is 7.90. The van der Waals surface area contributed by atoms with Crippen LogP contribution in [0.15, 0.2) is 58.2 Å². The summed E-state index contributed by atoms with van der Waals surface area (Å²) in [6.07, 6.45) is 0.275. The topological polar surface area (TPSA) is 108 Å². The smallest absolute Gasteiger partial charge is 0.328 e. The number of urea groups is 1. The third kappa shape index (κ3) is 4.40. The number of sulfonamides is 1. The van der Waals surface area contributed by atoms with Crippen LogP contribution in [0.25, 0.3) is 10.9 Å². The van der Waals surface area contributed by atoms with Gasteiger partial charge in [0.05, 0.1) is 10.4 Å². The lowest BCUT2D eigenvalue weighted by Crippen LogP contribution is -2.40. The lowest BCUT2D eigenvalue weighted by Gasteiger charge is -2.09. The molecule has 0 radical (unpaired) electrons. The fraction of sp³-hybridized carbons (Fsp3) is 0.200. The average molecular weight is 399 g/mol. The van der Waals surface area contributed by atoms with Crippen LogP contribution in [0.5, 0.6) is 0 Å². The Labute approximate surface area is 162 Å². The molecule has 1 aromatic heterocycles. The number of nitrogens with one attached hydrogen (secondary N) is 3. The fourth-order valence-corrected chi connectivity index (χ4v) is 3.79. The van der Waals surface area contributed by atoms with Crippen molar-refractivity contribution in [2.45, 2.75) is 25.2 Å². The number of aromatic amines is 1. The quantitative estimate of drug-likeness (QED) is 0.612. The van der Waals surface area contributed by atoms with Crippen molar-refractivity contribution < 1.29 is 13.2 Å². The van der Waals surface area contributed by atoms with E-state index in [-0.39, 0.29) is 23.4 Å². The van der Waals surface area contributed by atoms with Gasteiger partial charge in [0.15, 0.2) is 0 Å². The highest BCUT2D eigenvalue weighted by Gasteiger charge is 2.17. The van der Waals surface area contributed by atoms with Crippen LogP contribution in [0.4, 0.5) is 4.79 Å². The molecule has 0 saturated carbocycles. The molecule has 28 heavy (non-hydrogen) atoms. The molecule has 7 nitrogen and oxygen atoms in total. The monoisotopic (exact) mass is 399 g/mol. The SMILES string of the molecule is Cc1ccc(S(=O)(=O)NC(=O)NCCc2cc3cccc(C)c3[nH]c2=O)cc1. The number of hydrogen-bond acceptors (Lipinski definition) is 4. The Balaban J connectivity index is 1.62. The molecule has 0 aliphatic heterocycles. The molecule has 2 aromatic carbocycles. The van der Waals surface area contributed by atoms with Crippen molar-refractivity contribution >= 4 is 27.0 Å². The first-order valence-corrected chi connectivity index (χ1v) is 10.2. The second-order valence-electron chi connectivity index (χ2n) is 6.59. The number of para-hydroxylation sites is 1. The van der Waals surface area contributed by atoms with E-state index in [0.717, 1.165) is 22.0 Å². The zero-order valence-corrected chi connectivity index (χ0v) is 16.4. The third-order valence-electron chi connectivity index (χ3n) is 4.40. The molecule has 0 unspecified atom stereocenters. The number of benzene rings is 2. The molecule has 0 spiro atoms. The van der Waals surface area contributed by atoms with E-state index in [2.05, 4.69) is 10.3 Å². The Morgan fingerprint density at radius 3 is 2.50 bits per heavy atom. The molecule has 0 aliphatic carbocycles. The van der Waals surface area contributed by atoms with Gasteiger partial charge in [0.25, 0.3) is 15.6 Å². The number of amides is 2. The number of carbonyl (C=O) groups excluding carboxylic acids is 1. The molecule has 0 atom stereocenters. The minimum atomic E-state index is -3.94. The summed E-state index contributed by atoms with van der Waals surface area (Å²) in [5.41, 5.74) is 2.96. The van der Waals surface area contributed by atoms with Gasteiger partial charge < -0.3 is 10.3 Å². The van der Waals surface area contributed by atoms with E-state index < -0.39 is 16.1 Å². The molecule has 3 N–H and O–H groups in total. The van der Waals surface area contributed by atoms with Gasteiger partial charge >= 0.3 is 6.03 Å². The van der Waals surface area contributed by atoms with Crippen LogP contribution >= 0.6 is 0 Å². The first-order valence-electron chi connectivity index (χ1n) is 8.75. The van der Waals surface area contributed by atoms with Crippen LogP contribution in [0.2, 0.25) is 0 Å². The molecule has 0 aliphatic rings. The maximum Gasteiger partial charge on any atom is 0.328 e. The number of aryl methyl sites for hydroxylation is 2. The minimum Gasteiger partial charge on any atom is -0.337 e. The van der Waals surface area contributed by atoms with Gasteiger partial charge in [-0.2, -0.15) is 0 Å². The Morgan fingerprint density at radius 1 is 1.07 bits per heavy atom. The number of hydrogen-bond donors (Lipinski definition) is 3. The van der Waals surface area contributed by atoms with Gasteiger partial charge in [-0.3, -0.25) is 4.79 Å². The minimum absolute atomic E-state index is 0.00888. The van der Waals surface area contributed by atoms with E-state index in [0.29, 0.717) is 5.56 Å². The van der Waals surface area contributed by atoms with Crippen molar-refractivity contribution in [3.63, 3.8) is 0 Å². The molecule has 8 heteroatoms. The van der Waals surface area contributed by atoms with Gasteiger partial charge in [-0.15, -0.1) is 0 Å². The van der Waals surface area contributed by atoms with E-state index in [1.54, 1.807) is 18.2 Å². The van der Waals surface area contributed by atoms with Gasteiger partial charge in [0.2, 0.25) is 0 Å². The number of aromatic nitrogens is 1. The standard InChI is InChI=1S/C20H21N3O4S/c1-13-6-8-17(9-7-13)28(26,27)23-20(25)21-11-10-16-12-15-5-3-4-14(2)18(15)22-19(16)24/h3-9,12H,10-11H2,1-2H3,(H,22,24)(H2,21,23,25). The van der Waals surface area contributed by atoms with Crippen LogP contribution in [-0.4, -0.2) is 26.0 Å². The fourth-order valence-electron chi connectivity index (χ4n) is 2.86. The number of fused-ring (bicyclic) bond motifs is 1. The predicted molar refractivity (Wildman–Crippen MR) is 108 cm³/mol. The Bertz CT molecular complexity index is 1180. The Morgan fingerprint density at radius 2 is 1.79 bits per heavy atom. The van der Waals surface area contributed by atoms with Crippen LogP contribution in [0.1, 0.15) is 16.7 Å². The maximum absolute atomic E-state index is 12.2. The van der Waals surface area contributed by atoms with Crippen molar-refractivity contribution in [3.8, 4) is 0 Å². The highest BCUT2D eigenvalue weighted by Crippen LogP contribution is 2.15. The van der Waals surface area contributed by atoms with Crippen LogP contribution < -0.4 is 15.6 Å². The van der Waals surface area contributed by atoms with Crippen molar-refractivity contribution in [3.05, 3.63) is 75.6 Å². The zero-order chi connectivity index (χ0) is 20.3. The summed E-state index contributed by atoms with van der Waals surface area (Å²) >= 11 is 0. The first kappa shape index (κ1) is 19.6. The summed E-state index contributed by atoms with van der Waals surface area (Å²) in [5, 5.41) is 3.38. The van der Waals surface area contributed by atoms with Crippen molar-refractivity contribution in [1.82, 2.24) is 15.0 Å². The van der Waals surface area contributed by atoms with Gasteiger partial charge in [-0.05, 0) is 49.4 Å². The average Bonchev–Trinajstić information content (AvgIpc) is 2.63. The molecule has 3 aromatic rings. The Kier molecular flexibility index (Phi) is 5.51. The molecule has 0 bridgehead atoms. The molecule has 146 valence electrons. The van der Waals surface area contributed by atoms with Crippen molar-refractivity contribution in [1.29, 1.82) is 0 Å². The van der Waals surface area contributed by atoms with Gasteiger partial charge in [-0.25, -0.2) is 17.9 Å². The van der Waals surface area contributed by atoms with E-state index in [1.165, 1.54) is 12.1 Å². The molecule has 3 rings (SSSR count). The summed E-state index contributed by atoms with van der Waals surface area (Å²) in [7, 11) is -3.94. The van der Waals surface area contributed by atoms with Crippen LogP contribution in [0.3, 0.4) is 0 Å². The van der Waals surface area contributed by atoms with E-state index in [9.17, 15) is 18.0 Å². The zero-order valence-electron chi connectivity index (χ0n) is 15.6. The largest absolute Gasteiger partial charge is 0.337 e. The normalized spacial score (nSPS) is 11.4.